The molecule has 1 aromatic carbocycles. The van der Waals surface area contributed by atoms with Gasteiger partial charge in [-0.2, -0.15) is 24.9 Å². The summed E-state index contributed by atoms with van der Waals surface area (Å²) in [5.74, 6) is -0.195. The first-order chi connectivity index (χ1) is 14.8. The lowest BCUT2D eigenvalue weighted by Crippen LogP contribution is -2.30. The maximum atomic E-state index is 15.1. The van der Waals surface area contributed by atoms with Crippen LogP contribution in [0.25, 0.3) is 0 Å². The molecule has 0 aromatic heterocycles. The molecule has 1 saturated heterocycles. The van der Waals surface area contributed by atoms with E-state index in [4.69, 9.17) is 9.47 Å². The van der Waals surface area contributed by atoms with E-state index in [1.807, 2.05) is 11.8 Å². The number of hydrogen-bond donors (Lipinski definition) is 0. The Kier molecular flexibility index (Phi) is 8.97. The van der Waals surface area contributed by atoms with Crippen LogP contribution in [0, 0.1) is 11.7 Å². The number of ether oxygens (including phenoxy) is 2. The molecule has 0 spiro atoms. The van der Waals surface area contributed by atoms with E-state index in [1.54, 1.807) is 0 Å². The lowest BCUT2D eigenvalue weighted by Gasteiger charge is -2.30. The third-order valence-corrected chi connectivity index (χ3v) is 7.87. The van der Waals surface area contributed by atoms with Gasteiger partial charge in [0.2, 0.25) is 0 Å². The molecule has 0 amide bonds. The van der Waals surface area contributed by atoms with Gasteiger partial charge >= 0.3 is 6.18 Å². The van der Waals surface area contributed by atoms with E-state index in [1.165, 1.54) is 18.6 Å². The van der Waals surface area contributed by atoms with Gasteiger partial charge in [-0.1, -0.05) is 26.3 Å². The van der Waals surface area contributed by atoms with Gasteiger partial charge < -0.3 is 9.47 Å². The van der Waals surface area contributed by atoms with Crippen molar-refractivity contribution in [1.82, 2.24) is 0 Å². The minimum absolute atomic E-state index is 0.00861. The Balaban J connectivity index is 1.67. The van der Waals surface area contributed by atoms with Gasteiger partial charge in [0.05, 0.1) is 6.10 Å². The number of unbranched alkanes of at least 4 members (excludes halogenated alkanes) is 1. The molecule has 176 valence electrons. The van der Waals surface area contributed by atoms with Crippen LogP contribution in [0.1, 0.15) is 82.3 Å². The minimum atomic E-state index is -4.80. The smallest absolute Gasteiger partial charge is 0.422 e. The number of rotatable bonds is 8. The van der Waals surface area contributed by atoms with Crippen molar-refractivity contribution in [3.63, 3.8) is 0 Å². The van der Waals surface area contributed by atoms with E-state index < -0.39 is 23.3 Å². The Hall–Kier alpha value is -0.950. The number of benzene rings is 1. The Morgan fingerprint density at radius 1 is 1.10 bits per heavy atom. The molecule has 7 heteroatoms. The quantitative estimate of drug-likeness (QED) is 0.293. The summed E-state index contributed by atoms with van der Waals surface area (Å²) in [4.78, 5) is 0. The summed E-state index contributed by atoms with van der Waals surface area (Å²) >= 11 is 1.95. The summed E-state index contributed by atoms with van der Waals surface area (Å²) < 4.78 is 67.5. The van der Waals surface area contributed by atoms with Crippen LogP contribution in [-0.4, -0.2) is 30.3 Å². The largest absolute Gasteiger partial charge is 0.490 e. The van der Waals surface area contributed by atoms with Crippen molar-refractivity contribution >= 4 is 11.8 Å². The molecular formula is C24H34F4O2S. The SMILES string of the molecule is CCCCSC1CCC(c2ccc(OCC3CCC(C)CO3)c(C(F)(F)F)c2F)CC1. The van der Waals surface area contributed by atoms with Crippen molar-refractivity contribution in [3.05, 3.63) is 29.1 Å². The monoisotopic (exact) mass is 462 g/mol. The summed E-state index contributed by atoms with van der Waals surface area (Å²) in [6, 6.07) is 2.80. The van der Waals surface area contributed by atoms with Crippen molar-refractivity contribution in [3.8, 4) is 5.75 Å². The summed E-state index contributed by atoms with van der Waals surface area (Å²) in [6.07, 6.45) is 2.29. The number of hydrogen-bond acceptors (Lipinski definition) is 3. The zero-order valence-electron chi connectivity index (χ0n) is 18.5. The molecule has 1 saturated carbocycles. The molecule has 31 heavy (non-hydrogen) atoms. The van der Waals surface area contributed by atoms with Crippen LogP contribution in [0.15, 0.2) is 12.1 Å². The molecular weight excluding hydrogens is 428 g/mol. The van der Waals surface area contributed by atoms with Crippen molar-refractivity contribution in [1.29, 1.82) is 0 Å². The van der Waals surface area contributed by atoms with Gasteiger partial charge in [0.25, 0.3) is 0 Å². The average molecular weight is 463 g/mol. The second-order valence-corrected chi connectivity index (χ2v) is 10.4. The van der Waals surface area contributed by atoms with Gasteiger partial charge in [0, 0.05) is 11.9 Å². The Labute approximate surface area is 187 Å². The first-order valence-electron chi connectivity index (χ1n) is 11.5. The maximum absolute atomic E-state index is 15.1. The fourth-order valence-electron chi connectivity index (χ4n) is 4.46. The molecule has 1 aromatic rings. The maximum Gasteiger partial charge on any atom is 0.422 e. The van der Waals surface area contributed by atoms with Crippen LogP contribution >= 0.6 is 11.8 Å². The predicted molar refractivity (Wildman–Crippen MR) is 117 cm³/mol. The van der Waals surface area contributed by atoms with Gasteiger partial charge in [0.15, 0.2) is 0 Å². The topological polar surface area (TPSA) is 18.5 Å². The summed E-state index contributed by atoms with van der Waals surface area (Å²) in [5, 5.41) is 0.536. The van der Waals surface area contributed by atoms with Crippen molar-refractivity contribution in [2.45, 2.75) is 88.7 Å². The van der Waals surface area contributed by atoms with E-state index in [-0.39, 0.29) is 24.2 Å². The fraction of sp³-hybridized carbons (Fsp3) is 0.750. The number of halogens is 4. The van der Waals surface area contributed by atoms with E-state index in [9.17, 15) is 13.2 Å². The lowest BCUT2D eigenvalue weighted by molar-refractivity contribution is -0.142. The molecule has 3 rings (SSSR count). The highest BCUT2D eigenvalue weighted by Gasteiger charge is 2.40. The first kappa shape index (κ1) is 24.7. The van der Waals surface area contributed by atoms with Gasteiger partial charge in [-0.05, 0) is 74.2 Å². The molecule has 0 radical (unpaired) electrons. The molecule has 2 unspecified atom stereocenters. The molecule has 1 heterocycles. The van der Waals surface area contributed by atoms with E-state index >= 15 is 4.39 Å². The highest BCUT2D eigenvalue weighted by Crippen LogP contribution is 2.44. The molecule has 2 atom stereocenters. The first-order valence-corrected chi connectivity index (χ1v) is 12.6. The van der Waals surface area contributed by atoms with Crippen molar-refractivity contribution in [2.24, 2.45) is 5.92 Å². The predicted octanol–water partition coefficient (Wildman–Crippen LogP) is 7.60. The van der Waals surface area contributed by atoms with Gasteiger partial charge in [-0.25, -0.2) is 4.39 Å². The lowest BCUT2D eigenvalue weighted by atomic mass is 9.83. The zero-order valence-corrected chi connectivity index (χ0v) is 19.3. The third-order valence-electron chi connectivity index (χ3n) is 6.41. The average Bonchev–Trinajstić information content (AvgIpc) is 2.73. The summed E-state index contributed by atoms with van der Waals surface area (Å²) in [6.45, 7) is 4.82. The molecule has 2 aliphatic rings. The molecule has 1 aliphatic heterocycles. The van der Waals surface area contributed by atoms with Gasteiger partial charge in [-0.15, -0.1) is 0 Å². The Bertz CT molecular complexity index is 694. The third kappa shape index (κ3) is 6.77. The van der Waals surface area contributed by atoms with Crippen LogP contribution in [0.3, 0.4) is 0 Å². The second-order valence-electron chi connectivity index (χ2n) is 8.99. The Morgan fingerprint density at radius 3 is 2.45 bits per heavy atom. The fourth-order valence-corrected chi connectivity index (χ4v) is 5.85. The summed E-state index contributed by atoms with van der Waals surface area (Å²) in [7, 11) is 0. The molecule has 2 fully saturated rings. The van der Waals surface area contributed by atoms with Crippen LogP contribution < -0.4 is 4.74 Å². The molecule has 1 aliphatic carbocycles. The highest BCUT2D eigenvalue weighted by atomic mass is 32.2. The van der Waals surface area contributed by atoms with Crippen LogP contribution in [0.4, 0.5) is 17.6 Å². The van der Waals surface area contributed by atoms with Crippen LogP contribution in [0.5, 0.6) is 5.75 Å². The second kappa shape index (κ2) is 11.3. The molecule has 0 N–H and O–H groups in total. The minimum Gasteiger partial charge on any atom is -0.490 e. The van der Waals surface area contributed by atoms with Gasteiger partial charge in [-0.3, -0.25) is 0 Å². The van der Waals surface area contributed by atoms with E-state index in [0.29, 0.717) is 17.8 Å². The number of alkyl halides is 3. The van der Waals surface area contributed by atoms with E-state index in [0.717, 1.165) is 50.7 Å². The van der Waals surface area contributed by atoms with Crippen LogP contribution in [-0.2, 0) is 10.9 Å². The van der Waals surface area contributed by atoms with Crippen molar-refractivity contribution in [2.75, 3.05) is 19.0 Å². The summed E-state index contributed by atoms with van der Waals surface area (Å²) in [5.41, 5.74) is -1.09. The van der Waals surface area contributed by atoms with Crippen LogP contribution in [0.2, 0.25) is 0 Å². The Morgan fingerprint density at radius 2 is 1.84 bits per heavy atom. The van der Waals surface area contributed by atoms with Gasteiger partial charge in [0.1, 0.15) is 23.7 Å². The molecule has 0 bridgehead atoms. The standard InChI is InChI=1S/C24H34F4O2S/c1-3-4-13-31-19-9-6-17(7-10-19)20-11-12-21(22(23(20)25)24(26,27)28)30-15-18-8-5-16(2)14-29-18/h11-12,16-19H,3-10,13-15H2,1-2H3. The highest BCUT2D eigenvalue weighted by molar-refractivity contribution is 7.99. The normalized spacial score (nSPS) is 27.3. The van der Waals surface area contributed by atoms with E-state index in [2.05, 4.69) is 13.8 Å². The number of thioether (sulfide) groups is 1. The van der Waals surface area contributed by atoms with Crippen molar-refractivity contribution < 1.29 is 27.0 Å². The zero-order chi connectivity index (χ0) is 22.4. The molecule has 2 nitrogen and oxygen atoms in total.